The van der Waals surface area contributed by atoms with E-state index in [1.165, 1.54) is 18.3 Å². The summed E-state index contributed by atoms with van der Waals surface area (Å²) in [5.74, 6) is -0.356. The number of aromatic amines is 1. The predicted molar refractivity (Wildman–Crippen MR) is 97.9 cm³/mol. The number of anilines is 2. The molecule has 0 spiro atoms. The van der Waals surface area contributed by atoms with Gasteiger partial charge < -0.3 is 11.1 Å². The number of hydrogen-bond donors (Lipinski definition) is 3. The number of nitrogen functional groups attached to an aromatic ring is 1. The Morgan fingerprint density at radius 3 is 2.33 bits per heavy atom. The Kier molecular flexibility index (Phi) is 4.66. The average Bonchev–Trinajstić information content (AvgIpc) is 3.03. The van der Waals surface area contributed by atoms with Gasteiger partial charge in [-0.05, 0) is 24.3 Å². The highest BCUT2D eigenvalue weighted by Crippen LogP contribution is 2.31. The van der Waals surface area contributed by atoms with Crippen LogP contribution in [0.2, 0.25) is 15.1 Å². The molecule has 3 rings (SSSR count). The normalized spacial score (nSPS) is 10.6. The molecule has 24 heavy (non-hydrogen) atoms. The lowest BCUT2D eigenvalue weighted by molar-refractivity contribution is 0.102. The van der Waals surface area contributed by atoms with E-state index in [1.807, 2.05) is 0 Å². The largest absolute Gasteiger partial charge is 0.396 e. The van der Waals surface area contributed by atoms with Gasteiger partial charge in [-0.1, -0.05) is 46.9 Å². The standard InChI is InChI=1S/C16H11Cl3N4O/c17-9-3-1-8(2-4-9)15-11(7-21-23-15)16(24)22-10-5-12(18)14(20)13(19)6-10/h1-7H,20H2,(H,21,23)(H,22,24). The van der Waals surface area contributed by atoms with Crippen LogP contribution in [0.5, 0.6) is 0 Å². The molecular weight excluding hydrogens is 371 g/mol. The molecule has 0 aliphatic rings. The summed E-state index contributed by atoms with van der Waals surface area (Å²) in [7, 11) is 0. The maximum atomic E-state index is 12.5. The topological polar surface area (TPSA) is 83.8 Å². The van der Waals surface area contributed by atoms with Crippen molar-refractivity contribution in [3.8, 4) is 11.3 Å². The average molecular weight is 382 g/mol. The monoisotopic (exact) mass is 380 g/mol. The van der Waals surface area contributed by atoms with Gasteiger partial charge in [-0.15, -0.1) is 0 Å². The van der Waals surface area contributed by atoms with Crippen LogP contribution in [0.4, 0.5) is 11.4 Å². The second-order valence-corrected chi connectivity index (χ2v) is 6.22. The van der Waals surface area contributed by atoms with Crippen LogP contribution in [-0.4, -0.2) is 16.1 Å². The highest BCUT2D eigenvalue weighted by atomic mass is 35.5. The molecule has 0 saturated carbocycles. The molecule has 3 aromatic rings. The fraction of sp³-hybridized carbons (Fsp3) is 0. The molecule has 0 bridgehead atoms. The lowest BCUT2D eigenvalue weighted by atomic mass is 10.1. The van der Waals surface area contributed by atoms with Crippen LogP contribution in [0.25, 0.3) is 11.3 Å². The van der Waals surface area contributed by atoms with Crippen molar-refractivity contribution >= 4 is 52.1 Å². The Labute approximate surface area is 152 Å². The van der Waals surface area contributed by atoms with Crippen molar-refractivity contribution in [2.75, 3.05) is 11.1 Å². The van der Waals surface area contributed by atoms with Crippen LogP contribution < -0.4 is 11.1 Å². The van der Waals surface area contributed by atoms with E-state index in [2.05, 4.69) is 15.5 Å². The number of aromatic nitrogens is 2. The number of benzene rings is 2. The molecule has 2 aromatic carbocycles. The van der Waals surface area contributed by atoms with Gasteiger partial charge in [-0.3, -0.25) is 9.89 Å². The molecule has 0 radical (unpaired) electrons. The Morgan fingerprint density at radius 1 is 1.08 bits per heavy atom. The van der Waals surface area contributed by atoms with Crippen molar-refractivity contribution in [2.24, 2.45) is 0 Å². The Morgan fingerprint density at radius 2 is 1.71 bits per heavy atom. The van der Waals surface area contributed by atoms with Crippen LogP contribution in [0, 0.1) is 0 Å². The van der Waals surface area contributed by atoms with Crippen molar-refractivity contribution in [2.45, 2.75) is 0 Å². The van der Waals surface area contributed by atoms with Gasteiger partial charge in [0.1, 0.15) is 0 Å². The number of halogens is 3. The fourth-order valence-corrected chi connectivity index (χ4v) is 2.76. The van der Waals surface area contributed by atoms with E-state index < -0.39 is 0 Å². The number of nitrogens with zero attached hydrogens (tertiary/aromatic N) is 1. The maximum absolute atomic E-state index is 12.5. The van der Waals surface area contributed by atoms with E-state index in [0.717, 1.165) is 5.56 Å². The van der Waals surface area contributed by atoms with E-state index >= 15 is 0 Å². The lowest BCUT2D eigenvalue weighted by Crippen LogP contribution is -2.12. The number of H-pyrrole nitrogens is 1. The molecule has 1 aromatic heterocycles. The number of carbonyl (C=O) groups is 1. The minimum Gasteiger partial charge on any atom is -0.396 e. The number of amides is 1. The van der Waals surface area contributed by atoms with Crippen molar-refractivity contribution in [1.29, 1.82) is 0 Å². The lowest BCUT2D eigenvalue weighted by Gasteiger charge is -2.09. The summed E-state index contributed by atoms with van der Waals surface area (Å²) in [6, 6.07) is 10.1. The minimum absolute atomic E-state index is 0.265. The quantitative estimate of drug-likeness (QED) is 0.566. The van der Waals surface area contributed by atoms with Crippen LogP contribution in [0.15, 0.2) is 42.6 Å². The molecule has 4 N–H and O–H groups in total. The molecule has 0 aliphatic carbocycles. The van der Waals surface area contributed by atoms with Crippen LogP contribution in [-0.2, 0) is 0 Å². The van der Waals surface area contributed by atoms with E-state index in [1.54, 1.807) is 24.3 Å². The molecule has 8 heteroatoms. The highest BCUT2D eigenvalue weighted by Gasteiger charge is 2.16. The van der Waals surface area contributed by atoms with E-state index in [-0.39, 0.29) is 21.6 Å². The third kappa shape index (κ3) is 3.33. The van der Waals surface area contributed by atoms with Gasteiger partial charge in [0.15, 0.2) is 0 Å². The number of hydrogen-bond acceptors (Lipinski definition) is 3. The van der Waals surface area contributed by atoms with Gasteiger partial charge >= 0.3 is 0 Å². The summed E-state index contributed by atoms with van der Waals surface area (Å²) in [6.07, 6.45) is 1.44. The first kappa shape index (κ1) is 16.6. The van der Waals surface area contributed by atoms with Crippen LogP contribution in [0.1, 0.15) is 10.4 Å². The molecular formula is C16H11Cl3N4O. The van der Waals surface area contributed by atoms with Crippen LogP contribution in [0.3, 0.4) is 0 Å². The van der Waals surface area contributed by atoms with Gasteiger partial charge in [-0.2, -0.15) is 5.10 Å². The molecule has 0 aliphatic heterocycles. The highest BCUT2D eigenvalue weighted by molar-refractivity contribution is 6.39. The van der Waals surface area contributed by atoms with Crippen molar-refractivity contribution in [3.05, 3.63) is 63.2 Å². The molecule has 0 atom stereocenters. The summed E-state index contributed by atoms with van der Waals surface area (Å²) < 4.78 is 0. The minimum atomic E-state index is -0.356. The SMILES string of the molecule is Nc1c(Cl)cc(NC(=O)c2cn[nH]c2-c2ccc(Cl)cc2)cc1Cl. The van der Waals surface area contributed by atoms with Gasteiger partial charge in [0.25, 0.3) is 5.91 Å². The molecule has 0 fully saturated rings. The van der Waals surface area contributed by atoms with Gasteiger partial charge in [-0.25, -0.2) is 0 Å². The molecule has 122 valence electrons. The van der Waals surface area contributed by atoms with Crippen molar-refractivity contribution in [3.63, 3.8) is 0 Å². The van der Waals surface area contributed by atoms with E-state index in [4.69, 9.17) is 40.5 Å². The molecule has 1 heterocycles. The zero-order chi connectivity index (χ0) is 17.3. The van der Waals surface area contributed by atoms with Crippen LogP contribution >= 0.6 is 34.8 Å². The van der Waals surface area contributed by atoms with Gasteiger partial charge in [0, 0.05) is 16.3 Å². The molecule has 0 saturated heterocycles. The van der Waals surface area contributed by atoms with Crippen molar-refractivity contribution in [1.82, 2.24) is 10.2 Å². The number of nitrogens with one attached hydrogen (secondary N) is 2. The maximum Gasteiger partial charge on any atom is 0.259 e. The Balaban J connectivity index is 1.89. The summed E-state index contributed by atoms with van der Waals surface area (Å²) in [4.78, 5) is 12.5. The number of carbonyl (C=O) groups excluding carboxylic acids is 1. The first-order chi connectivity index (χ1) is 11.5. The summed E-state index contributed by atoms with van der Waals surface area (Å²) in [5.41, 5.74) is 8.13. The fourth-order valence-electron chi connectivity index (χ4n) is 2.15. The number of nitrogens with two attached hydrogens (primary N) is 1. The van der Waals surface area contributed by atoms with Gasteiger partial charge in [0.05, 0.1) is 33.2 Å². The zero-order valence-electron chi connectivity index (χ0n) is 12.1. The second-order valence-electron chi connectivity index (χ2n) is 4.97. The molecule has 0 unspecified atom stereocenters. The first-order valence-corrected chi connectivity index (χ1v) is 7.94. The Bertz CT molecular complexity index is 883. The van der Waals surface area contributed by atoms with Crippen molar-refractivity contribution < 1.29 is 4.79 Å². The first-order valence-electron chi connectivity index (χ1n) is 6.81. The second kappa shape index (κ2) is 6.73. The molecule has 1 amide bonds. The third-order valence-corrected chi connectivity index (χ3v) is 4.23. The summed E-state index contributed by atoms with van der Waals surface area (Å²) in [5, 5.41) is 10.6. The number of rotatable bonds is 3. The van der Waals surface area contributed by atoms with E-state index in [0.29, 0.717) is 22.0 Å². The predicted octanol–water partition coefficient (Wildman–Crippen LogP) is 4.87. The zero-order valence-corrected chi connectivity index (χ0v) is 14.4. The van der Waals surface area contributed by atoms with E-state index in [9.17, 15) is 4.79 Å². The summed E-state index contributed by atoms with van der Waals surface area (Å²) in [6.45, 7) is 0. The summed E-state index contributed by atoms with van der Waals surface area (Å²) >= 11 is 17.8. The smallest absolute Gasteiger partial charge is 0.259 e. The molecule has 5 nitrogen and oxygen atoms in total. The third-order valence-electron chi connectivity index (χ3n) is 3.35. The van der Waals surface area contributed by atoms with Gasteiger partial charge in [0.2, 0.25) is 0 Å². The Hall–Kier alpha value is -2.21.